The van der Waals surface area contributed by atoms with Crippen molar-refractivity contribution in [2.24, 2.45) is 17.6 Å². The second-order valence-electron chi connectivity index (χ2n) is 6.49. The summed E-state index contributed by atoms with van der Waals surface area (Å²) in [5.41, 5.74) is 6.40. The summed E-state index contributed by atoms with van der Waals surface area (Å²) in [6.45, 7) is 8.23. The highest BCUT2D eigenvalue weighted by molar-refractivity contribution is 4.89. The van der Waals surface area contributed by atoms with Gasteiger partial charge in [0.2, 0.25) is 0 Å². The fourth-order valence-corrected chi connectivity index (χ4v) is 3.03. The molecule has 2 heteroatoms. The lowest BCUT2D eigenvalue weighted by Gasteiger charge is -2.34. The van der Waals surface area contributed by atoms with E-state index in [-0.39, 0.29) is 11.6 Å². The molecule has 1 rings (SSSR count). The summed E-state index contributed by atoms with van der Waals surface area (Å²) in [7, 11) is 0. The second-order valence-corrected chi connectivity index (χ2v) is 6.49. The first kappa shape index (κ1) is 15.7. The molecule has 18 heavy (non-hydrogen) atoms. The largest absolute Gasteiger partial charge is 0.393 e. The van der Waals surface area contributed by atoms with Crippen LogP contribution >= 0.6 is 0 Å². The van der Waals surface area contributed by atoms with Crippen LogP contribution < -0.4 is 5.73 Å². The van der Waals surface area contributed by atoms with Gasteiger partial charge in [-0.3, -0.25) is 0 Å². The van der Waals surface area contributed by atoms with Crippen molar-refractivity contribution < 1.29 is 5.11 Å². The van der Waals surface area contributed by atoms with Crippen molar-refractivity contribution in [2.45, 2.75) is 76.9 Å². The SMILES string of the molecule is C=C[C@@H](CC(O)CCC1(N)CCCCC1)C(C)C. The normalized spacial score (nSPS) is 22.7. The molecule has 0 aromatic heterocycles. The molecule has 0 aromatic carbocycles. The van der Waals surface area contributed by atoms with Crippen molar-refractivity contribution in [1.29, 1.82) is 0 Å². The Morgan fingerprint density at radius 2 is 1.89 bits per heavy atom. The number of allylic oxidation sites excluding steroid dienone is 1. The molecule has 2 nitrogen and oxygen atoms in total. The van der Waals surface area contributed by atoms with E-state index in [1.807, 2.05) is 6.08 Å². The van der Waals surface area contributed by atoms with Gasteiger partial charge in [-0.05, 0) is 43.9 Å². The lowest BCUT2D eigenvalue weighted by atomic mass is 9.78. The molecular weight excluding hydrogens is 222 g/mol. The van der Waals surface area contributed by atoms with Crippen LogP contribution in [0.15, 0.2) is 12.7 Å². The van der Waals surface area contributed by atoms with Crippen molar-refractivity contribution >= 4 is 0 Å². The minimum absolute atomic E-state index is 0.000730. The zero-order valence-electron chi connectivity index (χ0n) is 12.2. The predicted molar refractivity (Wildman–Crippen MR) is 78.4 cm³/mol. The Morgan fingerprint density at radius 1 is 1.28 bits per heavy atom. The van der Waals surface area contributed by atoms with E-state index in [2.05, 4.69) is 20.4 Å². The molecule has 3 N–H and O–H groups in total. The fourth-order valence-electron chi connectivity index (χ4n) is 3.03. The molecule has 0 saturated heterocycles. The molecule has 1 aliphatic rings. The first-order chi connectivity index (χ1) is 8.47. The molecular formula is C16H31NO. The Hall–Kier alpha value is -0.340. The third kappa shape index (κ3) is 5.11. The summed E-state index contributed by atoms with van der Waals surface area (Å²) < 4.78 is 0. The minimum atomic E-state index is -0.224. The fraction of sp³-hybridized carbons (Fsp3) is 0.875. The number of rotatable bonds is 7. The summed E-state index contributed by atoms with van der Waals surface area (Å²) in [5, 5.41) is 10.1. The molecule has 0 aliphatic heterocycles. The second kappa shape index (κ2) is 7.30. The van der Waals surface area contributed by atoms with Gasteiger partial charge in [0.05, 0.1) is 6.10 Å². The van der Waals surface area contributed by atoms with Crippen LogP contribution in [0.25, 0.3) is 0 Å². The first-order valence-corrected chi connectivity index (χ1v) is 7.56. The molecule has 1 aliphatic carbocycles. The molecule has 2 atom stereocenters. The summed E-state index contributed by atoms with van der Waals surface area (Å²) >= 11 is 0. The van der Waals surface area contributed by atoms with Crippen LogP contribution in [0.2, 0.25) is 0 Å². The summed E-state index contributed by atoms with van der Waals surface area (Å²) in [6.07, 6.45) is 10.5. The van der Waals surface area contributed by atoms with Crippen LogP contribution in [0.1, 0.15) is 65.2 Å². The molecule has 1 fully saturated rings. The van der Waals surface area contributed by atoms with E-state index in [1.165, 1.54) is 19.3 Å². The van der Waals surface area contributed by atoms with Gasteiger partial charge in [0.1, 0.15) is 0 Å². The highest BCUT2D eigenvalue weighted by atomic mass is 16.3. The quantitative estimate of drug-likeness (QED) is 0.680. The monoisotopic (exact) mass is 253 g/mol. The smallest absolute Gasteiger partial charge is 0.0546 e. The van der Waals surface area contributed by atoms with Crippen LogP contribution in [0.5, 0.6) is 0 Å². The van der Waals surface area contributed by atoms with E-state index in [1.54, 1.807) is 0 Å². The summed E-state index contributed by atoms with van der Waals surface area (Å²) in [6, 6.07) is 0. The van der Waals surface area contributed by atoms with Crippen molar-refractivity contribution in [2.75, 3.05) is 0 Å². The topological polar surface area (TPSA) is 46.2 Å². The van der Waals surface area contributed by atoms with E-state index >= 15 is 0 Å². The molecule has 0 amide bonds. The number of hydrogen-bond donors (Lipinski definition) is 2. The summed E-state index contributed by atoms with van der Waals surface area (Å²) in [4.78, 5) is 0. The Bertz CT molecular complexity index is 243. The lowest BCUT2D eigenvalue weighted by Crippen LogP contribution is -2.42. The van der Waals surface area contributed by atoms with E-state index in [4.69, 9.17) is 5.73 Å². The number of aliphatic hydroxyl groups excluding tert-OH is 1. The molecule has 0 aromatic rings. The van der Waals surface area contributed by atoms with Crippen molar-refractivity contribution in [3.8, 4) is 0 Å². The maximum absolute atomic E-state index is 10.1. The molecule has 0 spiro atoms. The third-order valence-electron chi connectivity index (χ3n) is 4.53. The van der Waals surface area contributed by atoms with Crippen LogP contribution in [0, 0.1) is 11.8 Å². The zero-order valence-corrected chi connectivity index (χ0v) is 12.2. The number of nitrogens with two attached hydrogens (primary N) is 1. The van der Waals surface area contributed by atoms with Gasteiger partial charge in [-0.25, -0.2) is 0 Å². The first-order valence-electron chi connectivity index (χ1n) is 7.56. The molecule has 0 heterocycles. The van der Waals surface area contributed by atoms with Crippen molar-refractivity contribution in [3.63, 3.8) is 0 Å². The van der Waals surface area contributed by atoms with Gasteiger partial charge in [0.15, 0.2) is 0 Å². The van der Waals surface area contributed by atoms with Gasteiger partial charge in [0, 0.05) is 5.54 Å². The zero-order chi connectivity index (χ0) is 13.6. The van der Waals surface area contributed by atoms with Gasteiger partial charge in [-0.1, -0.05) is 39.2 Å². The van der Waals surface area contributed by atoms with Gasteiger partial charge in [0.25, 0.3) is 0 Å². The maximum atomic E-state index is 10.1. The van der Waals surface area contributed by atoms with E-state index in [0.717, 1.165) is 32.1 Å². The predicted octanol–water partition coefficient (Wildman–Crippen LogP) is 3.64. The number of aliphatic hydroxyl groups is 1. The average molecular weight is 253 g/mol. The Morgan fingerprint density at radius 3 is 2.39 bits per heavy atom. The average Bonchev–Trinajstić information content (AvgIpc) is 2.34. The van der Waals surface area contributed by atoms with Crippen LogP contribution in [-0.4, -0.2) is 16.7 Å². The third-order valence-corrected chi connectivity index (χ3v) is 4.53. The minimum Gasteiger partial charge on any atom is -0.393 e. The van der Waals surface area contributed by atoms with Gasteiger partial charge >= 0.3 is 0 Å². The van der Waals surface area contributed by atoms with Gasteiger partial charge in [-0.15, -0.1) is 6.58 Å². The van der Waals surface area contributed by atoms with Crippen LogP contribution in [-0.2, 0) is 0 Å². The molecule has 106 valence electrons. The van der Waals surface area contributed by atoms with E-state index in [0.29, 0.717) is 11.8 Å². The van der Waals surface area contributed by atoms with Gasteiger partial charge in [-0.2, -0.15) is 0 Å². The Balaban J connectivity index is 2.31. The molecule has 0 bridgehead atoms. The highest BCUT2D eigenvalue weighted by Gasteiger charge is 2.28. The standard InChI is InChI=1S/C16H31NO/c1-4-14(13(2)3)12-15(18)8-11-16(17)9-6-5-7-10-16/h4,13-15,18H,1,5-12,17H2,2-3H3/t14-,15?/m0/s1. The Labute approximate surface area is 113 Å². The van der Waals surface area contributed by atoms with Crippen molar-refractivity contribution in [1.82, 2.24) is 0 Å². The van der Waals surface area contributed by atoms with Crippen LogP contribution in [0.3, 0.4) is 0 Å². The lowest BCUT2D eigenvalue weighted by molar-refractivity contribution is 0.115. The van der Waals surface area contributed by atoms with E-state index < -0.39 is 0 Å². The van der Waals surface area contributed by atoms with E-state index in [9.17, 15) is 5.11 Å². The van der Waals surface area contributed by atoms with Gasteiger partial charge < -0.3 is 10.8 Å². The summed E-state index contributed by atoms with van der Waals surface area (Å²) in [5.74, 6) is 0.971. The van der Waals surface area contributed by atoms with Crippen LogP contribution in [0.4, 0.5) is 0 Å². The van der Waals surface area contributed by atoms with Crippen molar-refractivity contribution in [3.05, 3.63) is 12.7 Å². The molecule has 1 saturated carbocycles. The molecule has 0 radical (unpaired) electrons. The molecule has 1 unspecified atom stereocenters. The maximum Gasteiger partial charge on any atom is 0.0546 e. The number of hydrogen-bond acceptors (Lipinski definition) is 2. The highest BCUT2D eigenvalue weighted by Crippen LogP contribution is 2.31. The Kier molecular flexibility index (Phi) is 6.37.